The van der Waals surface area contributed by atoms with Crippen molar-refractivity contribution >= 4 is 55.4 Å². The minimum absolute atomic E-state index is 0.0765. The van der Waals surface area contributed by atoms with Crippen LogP contribution in [0.5, 0.6) is 5.75 Å². The fourth-order valence-electron chi connectivity index (χ4n) is 2.37. The maximum Gasteiger partial charge on any atom is 0.263 e. The van der Waals surface area contributed by atoms with E-state index in [0.29, 0.717) is 23.6 Å². The number of ether oxygens (including phenoxy) is 1. The Bertz CT molecular complexity index is 1110. The lowest BCUT2D eigenvalue weighted by Crippen LogP contribution is -2.34. The Balaban J connectivity index is 1.58. The lowest BCUT2D eigenvalue weighted by Gasteiger charge is -2.11. The van der Waals surface area contributed by atoms with E-state index in [2.05, 4.69) is 20.3 Å². The lowest BCUT2D eigenvalue weighted by molar-refractivity contribution is 0.0977. The minimum Gasteiger partial charge on any atom is -0.494 e. The Morgan fingerprint density at radius 2 is 1.83 bits per heavy atom. The first-order valence-corrected chi connectivity index (χ1v) is 11.5. The summed E-state index contributed by atoms with van der Waals surface area (Å²) in [4.78, 5) is 16.3. The smallest absolute Gasteiger partial charge is 0.263 e. The van der Waals surface area contributed by atoms with Crippen molar-refractivity contribution in [3.63, 3.8) is 0 Å². The molecule has 0 saturated heterocycles. The van der Waals surface area contributed by atoms with Crippen LogP contribution < -0.4 is 20.1 Å². The summed E-state index contributed by atoms with van der Waals surface area (Å²) in [6.07, 6.45) is 1.51. The van der Waals surface area contributed by atoms with Crippen LogP contribution in [0, 0.1) is 0 Å². The number of aromatic nitrogens is 1. The molecule has 3 aromatic rings. The first kappa shape index (κ1) is 21.7. The lowest BCUT2D eigenvalue weighted by atomic mass is 10.2. The normalized spacial score (nSPS) is 10.8. The van der Waals surface area contributed by atoms with E-state index >= 15 is 0 Å². The van der Waals surface area contributed by atoms with Gasteiger partial charge >= 0.3 is 0 Å². The quantitative estimate of drug-likeness (QED) is 0.461. The fourth-order valence-corrected chi connectivity index (χ4v) is 4.37. The third kappa shape index (κ3) is 5.75. The molecule has 0 aliphatic heterocycles. The van der Waals surface area contributed by atoms with Crippen LogP contribution in [0.1, 0.15) is 17.3 Å². The van der Waals surface area contributed by atoms with Gasteiger partial charge in [-0.1, -0.05) is 0 Å². The van der Waals surface area contributed by atoms with E-state index in [1.54, 1.807) is 41.8 Å². The van der Waals surface area contributed by atoms with Gasteiger partial charge in [-0.15, -0.1) is 11.3 Å². The molecule has 0 radical (unpaired) electrons. The number of carbonyl (C=O) groups excluding carboxylic acids is 1. The van der Waals surface area contributed by atoms with Crippen LogP contribution in [0.2, 0.25) is 0 Å². The maximum atomic E-state index is 12.3. The third-order valence-electron chi connectivity index (χ3n) is 3.73. The Kier molecular flexibility index (Phi) is 6.98. The van der Waals surface area contributed by atoms with Gasteiger partial charge in [0.25, 0.3) is 15.9 Å². The van der Waals surface area contributed by atoms with Crippen molar-refractivity contribution in [1.29, 1.82) is 0 Å². The number of rotatable bonds is 7. The zero-order valence-corrected chi connectivity index (χ0v) is 18.2. The summed E-state index contributed by atoms with van der Waals surface area (Å²) < 4.78 is 32.4. The summed E-state index contributed by atoms with van der Waals surface area (Å²) in [5.41, 5.74) is 0.956. The molecule has 3 N–H and O–H groups in total. The number of nitrogens with one attached hydrogen (secondary N) is 3. The van der Waals surface area contributed by atoms with Crippen LogP contribution >= 0.6 is 23.6 Å². The van der Waals surface area contributed by atoms with E-state index < -0.39 is 10.0 Å². The Morgan fingerprint density at radius 3 is 2.43 bits per heavy atom. The van der Waals surface area contributed by atoms with Crippen molar-refractivity contribution < 1.29 is 17.9 Å². The predicted molar refractivity (Wildman–Crippen MR) is 121 cm³/mol. The van der Waals surface area contributed by atoms with Gasteiger partial charge in [-0.05, 0) is 67.7 Å². The van der Waals surface area contributed by atoms with E-state index in [1.807, 2.05) is 6.92 Å². The van der Waals surface area contributed by atoms with Crippen LogP contribution in [0.15, 0.2) is 65.0 Å². The topological polar surface area (TPSA) is 109 Å². The second kappa shape index (κ2) is 9.65. The highest BCUT2D eigenvalue weighted by molar-refractivity contribution is 7.93. The number of nitrogens with zero attached hydrogens (tertiary/aromatic N) is 1. The number of anilines is 2. The molecule has 0 atom stereocenters. The third-order valence-corrected chi connectivity index (χ3v) is 6.11. The molecule has 3 rings (SSSR count). The van der Waals surface area contributed by atoms with Gasteiger partial charge in [-0.3, -0.25) is 14.8 Å². The zero-order valence-electron chi connectivity index (χ0n) is 15.8. The molecule has 0 saturated carbocycles. The van der Waals surface area contributed by atoms with Gasteiger partial charge in [0.15, 0.2) is 10.2 Å². The van der Waals surface area contributed by atoms with Crippen LogP contribution in [0.3, 0.4) is 0 Å². The van der Waals surface area contributed by atoms with Gasteiger partial charge in [0.05, 0.1) is 11.5 Å². The molecular weight excluding hydrogens is 444 g/mol. The summed E-state index contributed by atoms with van der Waals surface area (Å²) >= 11 is 6.34. The SMILES string of the molecule is CCOc1ccc(C(=O)NC(=S)Nc2ccc(S(=O)(=O)Nc3nccs3)cc2)cc1. The molecule has 156 valence electrons. The van der Waals surface area contributed by atoms with Crippen LogP contribution in [-0.2, 0) is 10.0 Å². The van der Waals surface area contributed by atoms with Gasteiger partial charge in [0, 0.05) is 22.8 Å². The second-order valence-corrected chi connectivity index (χ2v) is 8.82. The van der Waals surface area contributed by atoms with Crippen molar-refractivity contribution in [3.05, 3.63) is 65.7 Å². The summed E-state index contributed by atoms with van der Waals surface area (Å²) in [5.74, 6) is 0.302. The van der Waals surface area contributed by atoms with Crippen molar-refractivity contribution in [2.24, 2.45) is 0 Å². The molecule has 1 amide bonds. The van der Waals surface area contributed by atoms with E-state index in [4.69, 9.17) is 17.0 Å². The fraction of sp³-hybridized carbons (Fsp3) is 0.105. The number of hydrogen-bond acceptors (Lipinski definition) is 7. The molecule has 30 heavy (non-hydrogen) atoms. The molecule has 11 heteroatoms. The summed E-state index contributed by atoms with van der Waals surface area (Å²) in [6.45, 7) is 2.42. The Morgan fingerprint density at radius 1 is 1.13 bits per heavy atom. The van der Waals surface area contributed by atoms with Crippen molar-refractivity contribution in [2.45, 2.75) is 11.8 Å². The summed E-state index contributed by atoms with van der Waals surface area (Å²) in [5, 5.41) is 7.47. The minimum atomic E-state index is -3.73. The number of sulfonamides is 1. The molecule has 0 unspecified atom stereocenters. The number of thiocarbonyl (C=S) groups is 1. The van der Waals surface area contributed by atoms with Gasteiger partial charge in [0.1, 0.15) is 5.75 Å². The van der Waals surface area contributed by atoms with E-state index in [9.17, 15) is 13.2 Å². The number of benzene rings is 2. The first-order chi connectivity index (χ1) is 14.4. The molecular formula is C19H18N4O4S3. The molecule has 0 aliphatic rings. The Labute approximate surface area is 183 Å². The number of hydrogen-bond donors (Lipinski definition) is 3. The highest BCUT2D eigenvalue weighted by Gasteiger charge is 2.15. The number of amides is 1. The number of carbonyl (C=O) groups is 1. The van der Waals surface area contributed by atoms with E-state index in [0.717, 1.165) is 0 Å². The van der Waals surface area contributed by atoms with Gasteiger partial charge < -0.3 is 10.1 Å². The summed E-state index contributed by atoms with van der Waals surface area (Å²) in [7, 11) is -3.73. The maximum absolute atomic E-state index is 12.3. The standard InChI is InChI=1S/C19H18N4O4S3/c1-2-27-15-7-3-13(4-8-15)17(24)22-18(28)21-14-5-9-16(10-6-14)30(25,26)23-19-20-11-12-29-19/h3-12H,2H2,1H3,(H,20,23)(H2,21,22,24,28). The zero-order chi connectivity index (χ0) is 21.6. The van der Waals surface area contributed by atoms with Gasteiger partial charge in [0.2, 0.25) is 0 Å². The van der Waals surface area contributed by atoms with Crippen LogP contribution in [0.4, 0.5) is 10.8 Å². The van der Waals surface area contributed by atoms with E-state index in [1.165, 1.54) is 29.7 Å². The second-order valence-electron chi connectivity index (χ2n) is 5.83. The average Bonchev–Trinajstić information content (AvgIpc) is 3.21. The Hall–Kier alpha value is -3.02. The van der Waals surface area contributed by atoms with Crippen molar-refractivity contribution in [3.8, 4) is 5.75 Å². The largest absolute Gasteiger partial charge is 0.494 e. The van der Waals surface area contributed by atoms with Crippen molar-refractivity contribution in [2.75, 3.05) is 16.6 Å². The molecule has 2 aromatic carbocycles. The molecule has 0 spiro atoms. The highest BCUT2D eigenvalue weighted by atomic mass is 32.2. The van der Waals surface area contributed by atoms with Crippen LogP contribution in [0.25, 0.3) is 0 Å². The predicted octanol–water partition coefficient (Wildman–Crippen LogP) is 3.47. The number of thiazole rings is 1. The summed E-state index contributed by atoms with van der Waals surface area (Å²) in [6, 6.07) is 12.6. The molecule has 1 aromatic heterocycles. The molecule has 0 aliphatic carbocycles. The molecule has 0 bridgehead atoms. The molecule has 0 fully saturated rings. The van der Waals surface area contributed by atoms with E-state index in [-0.39, 0.29) is 21.0 Å². The highest BCUT2D eigenvalue weighted by Crippen LogP contribution is 2.19. The molecule has 8 nitrogen and oxygen atoms in total. The average molecular weight is 463 g/mol. The van der Waals surface area contributed by atoms with Gasteiger partial charge in [-0.25, -0.2) is 13.4 Å². The van der Waals surface area contributed by atoms with Gasteiger partial charge in [-0.2, -0.15) is 0 Å². The molecule has 1 heterocycles. The first-order valence-electron chi connectivity index (χ1n) is 8.75. The monoisotopic (exact) mass is 462 g/mol. The van der Waals surface area contributed by atoms with Crippen molar-refractivity contribution in [1.82, 2.24) is 10.3 Å². The van der Waals surface area contributed by atoms with Crippen LogP contribution in [-0.4, -0.2) is 31.0 Å².